The van der Waals surface area contributed by atoms with Gasteiger partial charge in [0, 0.05) is 0 Å². The standard InChI is InChI=1S/2C9H11.2Li/c2*1-7-4-8(2)6-9(3)5-7;;/h2*4-5H,1-3H3;;/q2*-1;2*+1. The van der Waals surface area contributed by atoms with Crippen LogP contribution in [0, 0.1) is 53.7 Å². The molecule has 2 rings (SSSR count). The van der Waals surface area contributed by atoms with Crippen LogP contribution in [0.25, 0.3) is 0 Å². The van der Waals surface area contributed by atoms with E-state index in [1.165, 1.54) is 33.4 Å². The van der Waals surface area contributed by atoms with Crippen LogP contribution in [0.2, 0.25) is 0 Å². The summed E-state index contributed by atoms with van der Waals surface area (Å²) in [6, 6.07) is 14.9. The summed E-state index contributed by atoms with van der Waals surface area (Å²) in [5.74, 6) is 0. The van der Waals surface area contributed by atoms with E-state index in [9.17, 15) is 0 Å². The van der Waals surface area contributed by atoms with Crippen molar-refractivity contribution in [1.82, 2.24) is 0 Å². The van der Waals surface area contributed by atoms with E-state index in [0.717, 1.165) is 0 Å². The molecule has 0 radical (unpaired) electrons. The fourth-order valence-electron chi connectivity index (χ4n) is 2.22. The van der Waals surface area contributed by atoms with Gasteiger partial charge in [-0.05, 0) is 0 Å². The van der Waals surface area contributed by atoms with Gasteiger partial charge in [-0.15, -0.1) is 0 Å². The van der Waals surface area contributed by atoms with Gasteiger partial charge in [-0.3, -0.25) is 0 Å². The Morgan fingerprint density at radius 2 is 0.700 bits per heavy atom. The Kier molecular flexibility index (Phi) is 11.4. The Morgan fingerprint density at radius 1 is 0.500 bits per heavy atom. The summed E-state index contributed by atoms with van der Waals surface area (Å²) in [5.41, 5.74) is 7.56. The number of benzene rings is 2. The molecule has 0 aliphatic heterocycles. The minimum absolute atomic E-state index is 0. The van der Waals surface area contributed by atoms with Crippen LogP contribution in [0.15, 0.2) is 24.3 Å². The summed E-state index contributed by atoms with van der Waals surface area (Å²) in [7, 11) is 0. The first-order valence-electron chi connectivity index (χ1n) is 6.31. The van der Waals surface area contributed by atoms with E-state index < -0.39 is 0 Å². The van der Waals surface area contributed by atoms with E-state index in [2.05, 4.69) is 77.9 Å². The largest absolute Gasteiger partial charge is 1.00 e. The van der Waals surface area contributed by atoms with Crippen molar-refractivity contribution in [1.29, 1.82) is 0 Å². The molecule has 0 saturated heterocycles. The molecule has 0 N–H and O–H groups in total. The van der Waals surface area contributed by atoms with Gasteiger partial charge in [0.05, 0.1) is 0 Å². The van der Waals surface area contributed by atoms with Crippen LogP contribution in [-0.2, 0) is 0 Å². The fourth-order valence-corrected chi connectivity index (χ4v) is 2.22. The van der Waals surface area contributed by atoms with E-state index in [1.807, 2.05) is 0 Å². The van der Waals surface area contributed by atoms with Gasteiger partial charge in [0.25, 0.3) is 0 Å². The maximum Gasteiger partial charge on any atom is 1.00 e. The molecule has 0 aliphatic rings. The number of aryl methyl sites for hydroxylation is 6. The van der Waals surface area contributed by atoms with Gasteiger partial charge in [0.2, 0.25) is 0 Å². The van der Waals surface area contributed by atoms with Crippen LogP contribution in [0.4, 0.5) is 0 Å². The maximum atomic E-state index is 3.21. The van der Waals surface area contributed by atoms with Gasteiger partial charge in [0.1, 0.15) is 0 Å². The number of rotatable bonds is 0. The first-order chi connectivity index (χ1) is 8.36. The molecule has 0 saturated carbocycles. The van der Waals surface area contributed by atoms with E-state index in [0.29, 0.717) is 0 Å². The van der Waals surface area contributed by atoms with Gasteiger partial charge >= 0.3 is 37.7 Å². The van der Waals surface area contributed by atoms with E-state index in [1.54, 1.807) is 0 Å². The summed E-state index contributed by atoms with van der Waals surface area (Å²) in [5, 5.41) is 0. The second-order valence-corrected chi connectivity index (χ2v) is 5.05. The summed E-state index contributed by atoms with van der Waals surface area (Å²) in [6.45, 7) is 12.5. The van der Waals surface area contributed by atoms with E-state index in [-0.39, 0.29) is 37.7 Å². The normalized spacial score (nSPS) is 8.70. The minimum atomic E-state index is 0. The van der Waals surface area contributed by atoms with Gasteiger partial charge in [-0.2, -0.15) is 69.8 Å². The summed E-state index contributed by atoms with van der Waals surface area (Å²) < 4.78 is 0. The summed E-state index contributed by atoms with van der Waals surface area (Å²) in [6.07, 6.45) is 0. The van der Waals surface area contributed by atoms with Gasteiger partial charge in [-0.25, -0.2) is 0 Å². The smallest absolute Gasteiger partial charge is 0.177 e. The third-order valence-corrected chi connectivity index (χ3v) is 2.57. The Balaban J connectivity index is 0. The van der Waals surface area contributed by atoms with Crippen molar-refractivity contribution < 1.29 is 37.7 Å². The maximum absolute atomic E-state index is 3.21. The third kappa shape index (κ3) is 8.74. The molecule has 0 amide bonds. The average molecular weight is 252 g/mol. The average Bonchev–Trinajstić information content (AvgIpc) is 2.12. The van der Waals surface area contributed by atoms with Crippen LogP contribution < -0.4 is 37.7 Å². The predicted molar refractivity (Wildman–Crippen MR) is 79.0 cm³/mol. The zero-order chi connectivity index (χ0) is 13.7. The fraction of sp³-hybridized carbons (Fsp3) is 0.333. The molecule has 0 nitrogen and oxygen atoms in total. The van der Waals surface area contributed by atoms with Gasteiger partial charge < -0.3 is 0 Å². The molecule has 2 aromatic rings. The second-order valence-electron chi connectivity index (χ2n) is 5.05. The molecule has 0 spiro atoms. The predicted octanol–water partition coefficient (Wildman–Crippen LogP) is -1.17. The van der Waals surface area contributed by atoms with Crippen molar-refractivity contribution in [2.45, 2.75) is 41.5 Å². The molecular formula is C18H22Li2. The first-order valence-corrected chi connectivity index (χ1v) is 6.31. The van der Waals surface area contributed by atoms with Crippen molar-refractivity contribution in [3.63, 3.8) is 0 Å². The monoisotopic (exact) mass is 252 g/mol. The zero-order valence-corrected chi connectivity index (χ0v) is 14.3. The van der Waals surface area contributed by atoms with Crippen LogP contribution in [0.1, 0.15) is 33.4 Å². The molecule has 0 bridgehead atoms. The topological polar surface area (TPSA) is 0 Å². The van der Waals surface area contributed by atoms with Crippen LogP contribution in [0.5, 0.6) is 0 Å². The van der Waals surface area contributed by atoms with Crippen LogP contribution in [0.3, 0.4) is 0 Å². The molecule has 0 aliphatic carbocycles. The Labute approximate surface area is 148 Å². The summed E-state index contributed by atoms with van der Waals surface area (Å²) in [4.78, 5) is 0. The van der Waals surface area contributed by atoms with Crippen LogP contribution in [-0.4, -0.2) is 0 Å². The zero-order valence-electron chi connectivity index (χ0n) is 14.3. The Bertz CT molecular complexity index is 380. The first kappa shape index (κ1) is 21.9. The molecule has 0 atom stereocenters. The van der Waals surface area contributed by atoms with Crippen molar-refractivity contribution in [3.8, 4) is 0 Å². The molecule has 0 heterocycles. The quantitative estimate of drug-likeness (QED) is 0.409. The summed E-state index contributed by atoms with van der Waals surface area (Å²) >= 11 is 0. The Hall–Kier alpha value is -0.365. The molecule has 96 valence electrons. The molecule has 0 aromatic heterocycles. The minimum Gasteiger partial charge on any atom is -0.177 e. The second kappa shape index (κ2) is 10.4. The third-order valence-electron chi connectivity index (χ3n) is 2.57. The van der Waals surface area contributed by atoms with Crippen molar-refractivity contribution >= 4 is 0 Å². The molecule has 0 unspecified atom stereocenters. The molecular weight excluding hydrogens is 230 g/mol. The molecule has 20 heavy (non-hydrogen) atoms. The van der Waals surface area contributed by atoms with Crippen molar-refractivity contribution in [3.05, 3.63) is 69.8 Å². The SMILES string of the molecule is Cc1[c-]c(C)cc(C)c1.Cc1[c-]c(C)cc(C)c1.[Li+].[Li+]. The van der Waals surface area contributed by atoms with Crippen molar-refractivity contribution in [2.24, 2.45) is 0 Å². The van der Waals surface area contributed by atoms with Crippen molar-refractivity contribution in [2.75, 3.05) is 0 Å². The van der Waals surface area contributed by atoms with E-state index in [4.69, 9.17) is 0 Å². The van der Waals surface area contributed by atoms with Gasteiger partial charge in [-0.1, -0.05) is 41.5 Å². The molecule has 2 aromatic carbocycles. The Morgan fingerprint density at radius 3 is 0.850 bits per heavy atom. The molecule has 2 heteroatoms. The molecule has 0 fully saturated rings. The number of hydrogen-bond donors (Lipinski definition) is 0. The van der Waals surface area contributed by atoms with E-state index >= 15 is 0 Å². The number of hydrogen-bond acceptors (Lipinski definition) is 0. The van der Waals surface area contributed by atoms with Gasteiger partial charge in [0.15, 0.2) is 0 Å². The van der Waals surface area contributed by atoms with Crippen LogP contribution >= 0.6 is 0 Å².